The molecule has 0 unspecified atom stereocenters. The van der Waals surface area contributed by atoms with Crippen LogP contribution in [-0.2, 0) is 0 Å². The Balaban J connectivity index is 1.50. The molecule has 6 aromatic rings. The highest BCUT2D eigenvalue weighted by Crippen LogP contribution is 2.27. The summed E-state index contributed by atoms with van der Waals surface area (Å²) < 4.78 is 17.2. The van der Waals surface area contributed by atoms with Crippen molar-refractivity contribution in [3.05, 3.63) is 84.9 Å². The minimum absolute atomic E-state index is 0.305. The van der Waals surface area contributed by atoms with Crippen LogP contribution in [0.1, 0.15) is 0 Å². The Bertz CT molecular complexity index is 1530. The second-order valence-corrected chi connectivity index (χ2v) is 6.95. The summed E-state index contributed by atoms with van der Waals surface area (Å²) in [6, 6.07) is 20.1. The molecule has 0 amide bonds. The van der Waals surface area contributed by atoms with E-state index in [1.807, 2.05) is 48.5 Å². The molecule has 0 atom stereocenters. The molecule has 3 heterocycles. The van der Waals surface area contributed by atoms with Crippen molar-refractivity contribution < 1.29 is 4.39 Å². The van der Waals surface area contributed by atoms with Crippen LogP contribution >= 0.6 is 0 Å². The van der Waals surface area contributed by atoms with Crippen molar-refractivity contribution in [1.29, 1.82) is 0 Å². The lowest BCUT2D eigenvalue weighted by atomic mass is 10.1. The molecule has 0 aliphatic rings. The van der Waals surface area contributed by atoms with Gasteiger partial charge in [-0.05, 0) is 54.6 Å². The predicted molar refractivity (Wildman–Crippen MR) is 111 cm³/mol. The number of H-pyrrole nitrogens is 1. The predicted octanol–water partition coefficient (Wildman–Crippen LogP) is 4.29. The molecule has 3 aromatic heterocycles. The van der Waals surface area contributed by atoms with E-state index in [2.05, 4.69) is 25.6 Å². The third-order valence-corrected chi connectivity index (χ3v) is 5.11. The Kier molecular flexibility index (Phi) is 3.51. The third-order valence-electron chi connectivity index (χ3n) is 5.11. The maximum Gasteiger partial charge on any atom is 0.125 e. The van der Waals surface area contributed by atoms with Crippen molar-refractivity contribution in [2.24, 2.45) is 0 Å². The summed E-state index contributed by atoms with van der Waals surface area (Å²) in [6.45, 7) is 0. The van der Waals surface area contributed by atoms with Crippen LogP contribution in [0.5, 0.6) is 0 Å². The van der Waals surface area contributed by atoms with Gasteiger partial charge in [-0.3, -0.25) is 5.10 Å². The quantitative estimate of drug-likeness (QED) is 0.485. The molecule has 1 N–H and O–H groups in total. The topological polar surface area (TPSA) is 77.2 Å². The first-order valence-electron chi connectivity index (χ1n) is 9.36. The van der Waals surface area contributed by atoms with Crippen molar-refractivity contribution in [2.75, 3.05) is 0 Å². The van der Waals surface area contributed by atoms with Crippen LogP contribution in [0, 0.1) is 5.82 Å². The van der Waals surface area contributed by atoms with Gasteiger partial charge in [0, 0.05) is 10.9 Å². The first-order chi connectivity index (χ1) is 14.8. The maximum atomic E-state index is 13.7. The summed E-state index contributed by atoms with van der Waals surface area (Å²) in [4.78, 5) is 0. The number of nitrogens with zero attached hydrogens (tertiary/aromatic N) is 6. The fourth-order valence-electron chi connectivity index (χ4n) is 3.66. The normalized spacial score (nSPS) is 11.5. The molecule has 3 aromatic carbocycles. The van der Waals surface area contributed by atoms with Crippen molar-refractivity contribution in [3.63, 3.8) is 0 Å². The van der Waals surface area contributed by atoms with E-state index in [1.165, 1.54) is 12.1 Å². The molecule has 30 heavy (non-hydrogen) atoms. The molecule has 0 aliphatic heterocycles. The van der Waals surface area contributed by atoms with E-state index < -0.39 is 0 Å². The number of aromatic nitrogens is 7. The highest BCUT2D eigenvalue weighted by atomic mass is 19.1. The fraction of sp³-hybridized carbons (Fsp3) is 0. The van der Waals surface area contributed by atoms with Gasteiger partial charge >= 0.3 is 0 Å². The Morgan fingerprint density at radius 3 is 2.73 bits per heavy atom. The van der Waals surface area contributed by atoms with Gasteiger partial charge in [-0.15, -0.1) is 5.10 Å². The van der Waals surface area contributed by atoms with E-state index in [0.717, 1.165) is 38.9 Å². The van der Waals surface area contributed by atoms with E-state index in [0.29, 0.717) is 5.69 Å². The molecule has 0 saturated heterocycles. The van der Waals surface area contributed by atoms with E-state index in [9.17, 15) is 4.39 Å². The molecule has 0 saturated carbocycles. The van der Waals surface area contributed by atoms with Crippen LogP contribution in [-0.4, -0.2) is 35.0 Å². The van der Waals surface area contributed by atoms with Gasteiger partial charge in [0.2, 0.25) is 0 Å². The number of rotatable bonds is 3. The Morgan fingerprint density at radius 2 is 1.80 bits per heavy atom. The third kappa shape index (κ3) is 2.58. The monoisotopic (exact) mass is 395 g/mol. The maximum absolute atomic E-state index is 13.7. The summed E-state index contributed by atoms with van der Waals surface area (Å²) in [5.41, 5.74) is 5.88. The highest BCUT2D eigenvalue weighted by molar-refractivity contribution is 5.84. The number of aromatic amines is 1. The standard InChI is InChI=1S/C22H14FN7/c23-16-2-1-3-17(11-16)29-21(8-9-25-29)14-5-7-19-22(10-14)30(28-27-19)18-6-4-15-13-24-26-20(15)12-18/h1-13H,(H,24,26). The van der Waals surface area contributed by atoms with Crippen molar-refractivity contribution in [3.8, 4) is 22.6 Å². The SMILES string of the molecule is Fc1cccc(-n2nccc2-c2ccc3nnn(-c4ccc5cn[nH]c5c4)c3c2)c1. The van der Waals surface area contributed by atoms with Gasteiger partial charge in [-0.25, -0.2) is 13.8 Å². The van der Waals surface area contributed by atoms with Crippen LogP contribution in [0.15, 0.2) is 79.1 Å². The Hall–Kier alpha value is -4.33. The number of halogens is 1. The Morgan fingerprint density at radius 1 is 0.867 bits per heavy atom. The molecular formula is C22H14FN7. The average molecular weight is 395 g/mol. The van der Waals surface area contributed by atoms with E-state index >= 15 is 0 Å². The highest BCUT2D eigenvalue weighted by Gasteiger charge is 2.13. The van der Waals surface area contributed by atoms with Crippen LogP contribution < -0.4 is 0 Å². The molecule has 0 spiro atoms. The molecule has 7 nitrogen and oxygen atoms in total. The minimum Gasteiger partial charge on any atom is -0.278 e. The summed E-state index contributed by atoms with van der Waals surface area (Å²) in [7, 11) is 0. The van der Waals surface area contributed by atoms with E-state index in [4.69, 9.17) is 0 Å². The number of hydrogen-bond acceptors (Lipinski definition) is 4. The number of nitrogens with one attached hydrogen (secondary N) is 1. The van der Waals surface area contributed by atoms with Gasteiger partial charge < -0.3 is 0 Å². The number of fused-ring (bicyclic) bond motifs is 2. The summed E-state index contributed by atoms with van der Waals surface area (Å²) in [5, 5.41) is 21.1. The van der Waals surface area contributed by atoms with Crippen LogP contribution in [0.3, 0.4) is 0 Å². The number of benzene rings is 3. The van der Waals surface area contributed by atoms with E-state index in [-0.39, 0.29) is 5.82 Å². The van der Waals surface area contributed by atoms with E-state index in [1.54, 1.807) is 27.8 Å². The lowest BCUT2D eigenvalue weighted by Crippen LogP contribution is -2.00. The van der Waals surface area contributed by atoms with Crippen molar-refractivity contribution >= 4 is 21.9 Å². The van der Waals surface area contributed by atoms with Crippen LogP contribution in [0.4, 0.5) is 4.39 Å². The fourth-order valence-corrected chi connectivity index (χ4v) is 3.66. The minimum atomic E-state index is -0.305. The summed E-state index contributed by atoms with van der Waals surface area (Å²) >= 11 is 0. The van der Waals surface area contributed by atoms with Crippen molar-refractivity contribution in [1.82, 2.24) is 35.0 Å². The zero-order valence-corrected chi connectivity index (χ0v) is 15.6. The molecule has 0 fully saturated rings. The summed E-state index contributed by atoms with van der Waals surface area (Å²) in [6.07, 6.45) is 3.48. The molecule has 8 heteroatoms. The molecule has 6 rings (SSSR count). The number of hydrogen-bond donors (Lipinski definition) is 1. The first kappa shape index (κ1) is 16.6. The van der Waals surface area contributed by atoms with Gasteiger partial charge in [0.05, 0.1) is 40.5 Å². The molecule has 0 aliphatic carbocycles. The molecule has 0 bridgehead atoms. The average Bonchev–Trinajstić information content (AvgIpc) is 3.51. The molecular weight excluding hydrogens is 381 g/mol. The lowest BCUT2D eigenvalue weighted by molar-refractivity contribution is 0.625. The zero-order chi connectivity index (χ0) is 20.1. The van der Waals surface area contributed by atoms with Crippen LogP contribution in [0.2, 0.25) is 0 Å². The van der Waals surface area contributed by atoms with Gasteiger partial charge in [-0.1, -0.05) is 17.3 Å². The van der Waals surface area contributed by atoms with Gasteiger partial charge in [0.25, 0.3) is 0 Å². The van der Waals surface area contributed by atoms with Gasteiger partial charge in [0.1, 0.15) is 11.3 Å². The molecule has 144 valence electrons. The zero-order valence-electron chi connectivity index (χ0n) is 15.6. The van der Waals surface area contributed by atoms with Crippen LogP contribution in [0.25, 0.3) is 44.6 Å². The van der Waals surface area contributed by atoms with Crippen molar-refractivity contribution in [2.45, 2.75) is 0 Å². The first-order valence-corrected chi connectivity index (χ1v) is 9.36. The smallest absolute Gasteiger partial charge is 0.125 e. The second kappa shape index (κ2) is 6.35. The second-order valence-electron chi connectivity index (χ2n) is 6.95. The van der Waals surface area contributed by atoms with Gasteiger partial charge in [-0.2, -0.15) is 10.2 Å². The Labute approximate surface area is 169 Å². The molecule has 0 radical (unpaired) electrons. The van der Waals surface area contributed by atoms with Gasteiger partial charge in [0.15, 0.2) is 0 Å². The lowest BCUT2D eigenvalue weighted by Gasteiger charge is -2.09. The largest absolute Gasteiger partial charge is 0.278 e. The summed E-state index contributed by atoms with van der Waals surface area (Å²) in [5.74, 6) is -0.305.